The van der Waals surface area contributed by atoms with Crippen LogP contribution in [-0.4, -0.2) is 60.7 Å². The second-order valence-corrected chi connectivity index (χ2v) is 9.54. The highest BCUT2D eigenvalue weighted by Gasteiger charge is 2.39. The van der Waals surface area contributed by atoms with Crippen molar-refractivity contribution in [1.29, 1.82) is 0 Å². The zero-order valence-corrected chi connectivity index (χ0v) is 21.2. The van der Waals surface area contributed by atoms with Gasteiger partial charge in [-0.2, -0.15) is 0 Å². The summed E-state index contributed by atoms with van der Waals surface area (Å²) in [6.45, 7) is 6.00. The maximum absolute atomic E-state index is 13.3. The number of rotatable bonds is 11. The smallest absolute Gasteiger partial charge is 0.272 e. The Hall–Kier alpha value is -3.23. The molecule has 0 heterocycles. The normalized spacial score (nSPS) is 13.0. The number of carbonyl (C=O) groups is 3. The largest absolute Gasteiger partial charge is 0.371 e. The first-order chi connectivity index (χ1) is 16.6. The summed E-state index contributed by atoms with van der Waals surface area (Å²) in [5.74, 6) is -1.49. The van der Waals surface area contributed by atoms with Crippen molar-refractivity contribution in [3.8, 4) is 11.1 Å². The molecule has 0 aliphatic carbocycles. The third-order valence-electron chi connectivity index (χ3n) is 5.92. The molecule has 0 unspecified atom stereocenters. The van der Waals surface area contributed by atoms with E-state index in [2.05, 4.69) is 41.7 Å². The Labute approximate surface area is 207 Å². The van der Waals surface area contributed by atoms with Gasteiger partial charge in [-0.05, 0) is 34.9 Å². The molecular weight excluding hydrogens is 446 g/mol. The standard InChI is InChI=1S/C27H37N3O5/c1-27(2,3)24(26(33)28-4)30(23(31)18-22(35-5)25(32)29-34)17-9-10-19-13-15-21(16-14-19)20-11-7-6-8-12-20/h6-8,11-16,22,24,34H,9-10,17-18H2,1-5H3,(H,28,33)(H,29,32)/t22-,24+/m0/s1. The maximum Gasteiger partial charge on any atom is 0.272 e. The molecule has 0 aliphatic rings. The summed E-state index contributed by atoms with van der Waals surface area (Å²) in [4.78, 5) is 39.5. The van der Waals surface area contributed by atoms with Gasteiger partial charge >= 0.3 is 0 Å². The van der Waals surface area contributed by atoms with Crippen molar-refractivity contribution < 1.29 is 24.3 Å². The fourth-order valence-electron chi connectivity index (χ4n) is 4.12. The van der Waals surface area contributed by atoms with Gasteiger partial charge < -0.3 is 15.0 Å². The minimum absolute atomic E-state index is 0.279. The number of ether oxygens (including phenoxy) is 1. The lowest BCUT2D eigenvalue weighted by atomic mass is 9.84. The summed E-state index contributed by atoms with van der Waals surface area (Å²) < 4.78 is 5.08. The van der Waals surface area contributed by atoms with Crippen LogP contribution in [-0.2, 0) is 25.5 Å². The number of benzene rings is 2. The molecule has 0 aliphatic heterocycles. The predicted molar refractivity (Wildman–Crippen MR) is 135 cm³/mol. The summed E-state index contributed by atoms with van der Waals surface area (Å²) in [5, 5.41) is 11.6. The first kappa shape index (κ1) is 28.0. The number of hydroxylamine groups is 1. The van der Waals surface area contributed by atoms with Crippen molar-refractivity contribution in [2.45, 2.75) is 52.2 Å². The SMILES string of the molecule is CNC(=O)[C@@H](N(CCCc1ccc(-c2ccccc2)cc1)C(=O)C[C@H](OC)C(=O)NO)C(C)(C)C. The fourth-order valence-corrected chi connectivity index (χ4v) is 4.12. The Bertz CT molecular complexity index is 971. The Balaban J connectivity index is 2.17. The molecule has 2 aromatic carbocycles. The van der Waals surface area contributed by atoms with Crippen LogP contribution >= 0.6 is 0 Å². The highest BCUT2D eigenvalue weighted by molar-refractivity contribution is 5.91. The number of hydrogen-bond donors (Lipinski definition) is 3. The summed E-state index contributed by atoms with van der Waals surface area (Å²) in [6.07, 6.45) is -0.109. The lowest BCUT2D eigenvalue weighted by molar-refractivity contribution is -0.151. The molecule has 190 valence electrons. The second kappa shape index (κ2) is 13.0. The molecule has 3 N–H and O–H groups in total. The van der Waals surface area contributed by atoms with E-state index in [1.807, 2.05) is 39.0 Å². The molecule has 0 saturated heterocycles. The first-order valence-electron chi connectivity index (χ1n) is 11.7. The van der Waals surface area contributed by atoms with Crippen LogP contribution < -0.4 is 10.8 Å². The third kappa shape index (κ3) is 7.90. The number of nitrogens with zero attached hydrogens (tertiary/aromatic N) is 1. The maximum atomic E-state index is 13.3. The number of likely N-dealkylation sites (N-methyl/N-ethyl adjacent to an activating group) is 1. The van der Waals surface area contributed by atoms with Crippen molar-refractivity contribution in [3.05, 3.63) is 60.2 Å². The minimum Gasteiger partial charge on any atom is -0.371 e. The molecule has 8 heteroatoms. The van der Waals surface area contributed by atoms with Crippen molar-refractivity contribution in [2.24, 2.45) is 5.41 Å². The van der Waals surface area contributed by atoms with Gasteiger partial charge in [0.15, 0.2) is 0 Å². The first-order valence-corrected chi connectivity index (χ1v) is 11.7. The van der Waals surface area contributed by atoms with E-state index in [1.54, 1.807) is 0 Å². The Morgan fingerprint density at radius 3 is 2.09 bits per heavy atom. The van der Waals surface area contributed by atoms with Crippen molar-refractivity contribution >= 4 is 17.7 Å². The molecular formula is C27H37N3O5. The van der Waals surface area contributed by atoms with Gasteiger partial charge in [0.2, 0.25) is 11.8 Å². The number of hydrogen-bond acceptors (Lipinski definition) is 5. The van der Waals surface area contributed by atoms with Crippen LogP contribution in [0.1, 0.15) is 39.2 Å². The molecule has 0 saturated carbocycles. The highest BCUT2D eigenvalue weighted by Crippen LogP contribution is 2.27. The van der Waals surface area contributed by atoms with Crippen LogP contribution in [0, 0.1) is 5.41 Å². The van der Waals surface area contributed by atoms with E-state index >= 15 is 0 Å². The molecule has 0 aromatic heterocycles. The van der Waals surface area contributed by atoms with Gasteiger partial charge in [-0.3, -0.25) is 19.6 Å². The average Bonchev–Trinajstić information content (AvgIpc) is 2.85. The summed E-state index contributed by atoms with van der Waals surface area (Å²) in [7, 11) is 2.83. The minimum atomic E-state index is -1.16. The van der Waals surface area contributed by atoms with Crippen LogP contribution in [0.2, 0.25) is 0 Å². The third-order valence-corrected chi connectivity index (χ3v) is 5.92. The summed E-state index contributed by atoms with van der Waals surface area (Å²) in [6, 6.07) is 17.7. The van der Waals surface area contributed by atoms with Gasteiger partial charge in [-0.25, -0.2) is 5.48 Å². The number of aryl methyl sites for hydroxylation is 1. The van der Waals surface area contributed by atoms with E-state index in [1.165, 1.54) is 24.5 Å². The van der Waals surface area contributed by atoms with Crippen LogP contribution in [0.4, 0.5) is 0 Å². The zero-order chi connectivity index (χ0) is 26.0. The molecule has 2 rings (SSSR count). The van der Waals surface area contributed by atoms with Crippen molar-refractivity contribution in [1.82, 2.24) is 15.7 Å². The van der Waals surface area contributed by atoms with Crippen molar-refractivity contribution in [2.75, 3.05) is 20.7 Å². The van der Waals surface area contributed by atoms with Crippen LogP contribution in [0.25, 0.3) is 11.1 Å². The molecule has 2 aromatic rings. The van der Waals surface area contributed by atoms with E-state index in [-0.39, 0.29) is 12.3 Å². The van der Waals surface area contributed by atoms with E-state index in [9.17, 15) is 14.4 Å². The fraction of sp³-hybridized carbons (Fsp3) is 0.444. The van der Waals surface area contributed by atoms with Gasteiger partial charge in [-0.1, -0.05) is 75.4 Å². The molecule has 8 nitrogen and oxygen atoms in total. The van der Waals surface area contributed by atoms with Gasteiger partial charge in [-0.15, -0.1) is 0 Å². The molecule has 0 spiro atoms. The molecule has 0 radical (unpaired) electrons. The van der Waals surface area contributed by atoms with E-state index in [0.717, 1.165) is 16.7 Å². The van der Waals surface area contributed by atoms with Gasteiger partial charge in [0.1, 0.15) is 12.1 Å². The number of methoxy groups -OCH3 is 1. The van der Waals surface area contributed by atoms with Gasteiger partial charge in [0, 0.05) is 20.7 Å². The van der Waals surface area contributed by atoms with Crippen LogP contribution in [0.15, 0.2) is 54.6 Å². The molecule has 0 fully saturated rings. The Morgan fingerprint density at radius 2 is 1.57 bits per heavy atom. The molecule has 2 atom stereocenters. The zero-order valence-electron chi connectivity index (χ0n) is 21.2. The van der Waals surface area contributed by atoms with E-state index in [4.69, 9.17) is 9.94 Å². The number of nitrogens with one attached hydrogen (secondary N) is 2. The topological polar surface area (TPSA) is 108 Å². The monoisotopic (exact) mass is 483 g/mol. The number of carbonyl (C=O) groups excluding carboxylic acids is 3. The second-order valence-electron chi connectivity index (χ2n) is 9.54. The molecule has 35 heavy (non-hydrogen) atoms. The lowest BCUT2D eigenvalue weighted by Gasteiger charge is -2.39. The van der Waals surface area contributed by atoms with E-state index < -0.39 is 29.4 Å². The molecule has 0 bridgehead atoms. The van der Waals surface area contributed by atoms with Gasteiger partial charge in [0.25, 0.3) is 5.91 Å². The average molecular weight is 484 g/mol. The van der Waals surface area contributed by atoms with Crippen LogP contribution in [0.5, 0.6) is 0 Å². The van der Waals surface area contributed by atoms with Crippen molar-refractivity contribution in [3.63, 3.8) is 0 Å². The van der Waals surface area contributed by atoms with E-state index in [0.29, 0.717) is 19.4 Å². The quantitative estimate of drug-likeness (QED) is 0.336. The molecule has 3 amide bonds. The van der Waals surface area contributed by atoms with Gasteiger partial charge in [0.05, 0.1) is 6.42 Å². The van der Waals surface area contributed by atoms with Crippen LogP contribution in [0.3, 0.4) is 0 Å². The summed E-state index contributed by atoms with van der Waals surface area (Å²) in [5.41, 5.74) is 4.38. The predicted octanol–water partition coefficient (Wildman–Crippen LogP) is 3.19. The summed E-state index contributed by atoms with van der Waals surface area (Å²) >= 11 is 0. The lowest BCUT2D eigenvalue weighted by Crippen LogP contribution is -2.56. The highest BCUT2D eigenvalue weighted by atomic mass is 16.5. The Morgan fingerprint density at radius 1 is 0.971 bits per heavy atom. The number of amides is 3. The Kier molecular flexibility index (Phi) is 10.4.